The van der Waals surface area contributed by atoms with Gasteiger partial charge in [0.1, 0.15) is 47.0 Å². The van der Waals surface area contributed by atoms with E-state index >= 15 is 17.6 Å². The summed E-state index contributed by atoms with van der Waals surface area (Å²) in [6.07, 6.45) is -2.99. The van der Waals surface area contributed by atoms with Gasteiger partial charge >= 0.3 is 0 Å². The minimum Gasteiger partial charge on any atom is -0.344 e. The predicted octanol–water partition coefficient (Wildman–Crippen LogP) is 7.96. The summed E-state index contributed by atoms with van der Waals surface area (Å²) in [4.78, 5) is 33.8. The van der Waals surface area contributed by atoms with Crippen molar-refractivity contribution in [1.29, 1.82) is 0 Å². The van der Waals surface area contributed by atoms with Gasteiger partial charge in [-0.15, -0.1) is 0 Å². The molecule has 22 heteroatoms. The van der Waals surface area contributed by atoms with Crippen LogP contribution in [0.25, 0.3) is 38.6 Å². The van der Waals surface area contributed by atoms with Gasteiger partial charge in [0.2, 0.25) is 15.9 Å². The van der Waals surface area contributed by atoms with Gasteiger partial charge in [-0.2, -0.15) is 19.0 Å². The Hall–Kier alpha value is -6.35. The number of benzene rings is 4. The molecule has 3 heterocycles. The normalized spacial score (nSPS) is 17.0. The number of carbonyl (C=O) groups is 1. The number of halogens is 9. The smallest absolute Gasteiger partial charge is 0.293 e. The molecule has 1 saturated carbocycles. The molecule has 2 aliphatic rings. The number of aromatic nitrogens is 6. The SMILES string of the molecule is Cn1nc(NS(C)(=O)=O)c2c(Cl)ccc(-n3c([C@H](Cc4cc(F)cc(F)c4)NC(=O)Cn4nc(C(F)F)c5c4C(F)(F)[C@@H]4CC54)nc4cc(-c5c(F)cccc5F)ccc4c3=O)c21. The lowest BCUT2D eigenvalue weighted by Gasteiger charge is -2.24. The average Bonchev–Trinajstić information content (AvgIpc) is 3.73. The van der Waals surface area contributed by atoms with Crippen LogP contribution >= 0.6 is 11.6 Å². The van der Waals surface area contributed by atoms with Crippen molar-refractivity contribution in [3.05, 3.63) is 134 Å². The lowest BCUT2D eigenvalue weighted by Crippen LogP contribution is -2.38. The summed E-state index contributed by atoms with van der Waals surface area (Å²) in [6, 6.07) is 10.2. The number of amides is 1. The zero-order valence-corrected chi connectivity index (χ0v) is 34.0. The number of carbonyl (C=O) groups excluding carboxylic acids is 1. The lowest BCUT2D eigenvalue weighted by molar-refractivity contribution is -0.123. The van der Waals surface area contributed by atoms with E-state index in [1.807, 2.05) is 0 Å². The minimum atomic E-state index is -3.96. The number of hydrogen-bond acceptors (Lipinski definition) is 7. The number of hydrogen-bond donors (Lipinski definition) is 2. The van der Waals surface area contributed by atoms with Crippen LogP contribution in [0.15, 0.2) is 71.5 Å². The van der Waals surface area contributed by atoms with Gasteiger partial charge in [-0.1, -0.05) is 23.7 Å². The van der Waals surface area contributed by atoms with Crippen molar-refractivity contribution >= 4 is 55.2 Å². The molecule has 0 spiro atoms. The van der Waals surface area contributed by atoms with E-state index in [0.29, 0.717) is 10.7 Å². The Labute approximate surface area is 355 Å². The van der Waals surface area contributed by atoms with Gasteiger partial charge in [-0.25, -0.2) is 39.7 Å². The Bertz CT molecular complexity index is 3230. The van der Waals surface area contributed by atoms with Crippen molar-refractivity contribution in [2.45, 2.75) is 43.7 Å². The van der Waals surface area contributed by atoms with Crippen LogP contribution in [0.1, 0.15) is 53.1 Å². The number of alkyl halides is 4. The first-order valence-corrected chi connectivity index (χ1v) is 21.1. The zero-order chi connectivity index (χ0) is 45.0. The van der Waals surface area contributed by atoms with Crippen molar-refractivity contribution in [1.82, 2.24) is 34.4 Å². The predicted molar refractivity (Wildman–Crippen MR) is 213 cm³/mol. The van der Waals surface area contributed by atoms with Gasteiger partial charge in [0.25, 0.3) is 17.9 Å². The molecule has 0 saturated heterocycles. The maximum atomic E-state index is 15.5. The second kappa shape index (κ2) is 14.9. The summed E-state index contributed by atoms with van der Waals surface area (Å²) in [6.45, 7) is -1.06. The molecule has 0 bridgehead atoms. The Balaban J connectivity index is 1.27. The third kappa shape index (κ3) is 7.25. The third-order valence-electron chi connectivity index (χ3n) is 11.1. The summed E-state index contributed by atoms with van der Waals surface area (Å²) in [7, 11) is -2.56. The Kier molecular flexibility index (Phi) is 9.92. The van der Waals surface area contributed by atoms with E-state index in [1.54, 1.807) is 0 Å². The number of rotatable bonds is 11. The topological polar surface area (TPSA) is 146 Å². The number of nitrogens with one attached hydrogen (secondary N) is 2. The van der Waals surface area contributed by atoms with Crippen molar-refractivity contribution in [2.75, 3.05) is 11.0 Å². The van der Waals surface area contributed by atoms with E-state index in [-0.39, 0.29) is 61.4 Å². The van der Waals surface area contributed by atoms with Crippen LogP contribution in [-0.4, -0.2) is 49.7 Å². The second-order valence-electron chi connectivity index (χ2n) is 15.4. The molecule has 7 aromatic rings. The first-order valence-electron chi connectivity index (χ1n) is 18.9. The lowest BCUT2D eigenvalue weighted by atomic mass is 10.0. The third-order valence-corrected chi connectivity index (χ3v) is 11.9. The summed E-state index contributed by atoms with van der Waals surface area (Å²) in [5.74, 6) is -11.5. The summed E-state index contributed by atoms with van der Waals surface area (Å²) in [5, 5.41) is 10.3. The van der Waals surface area contributed by atoms with Gasteiger partial charge in [-0.3, -0.25) is 28.2 Å². The minimum absolute atomic E-state index is 0.000416. The van der Waals surface area contributed by atoms with Crippen LogP contribution in [0.4, 0.5) is 40.9 Å². The number of nitrogens with zero attached hydrogens (tertiary/aromatic N) is 6. The number of anilines is 1. The Morgan fingerprint density at radius 3 is 2.35 bits per heavy atom. The summed E-state index contributed by atoms with van der Waals surface area (Å²) in [5.41, 5.74) is -3.88. The molecule has 1 amide bonds. The van der Waals surface area contributed by atoms with Crippen LogP contribution in [0.5, 0.6) is 0 Å². The second-order valence-corrected chi connectivity index (χ2v) is 17.5. The molecule has 3 atom stereocenters. The highest BCUT2D eigenvalue weighted by Gasteiger charge is 2.67. The standard InChI is InChI=1S/C41H29ClF8N8O4S/c1-56-35-29(9-8-24(42)33(35)38(54-56)55-63(2,61)62)58-39(52-27-13-18(6-7-21(27)40(58)60)31-25(45)4-3-5-26(31)46)28(12-17-10-19(43)14-20(44)11-17)51-30(59)16-57-36-32(34(53-57)37(47)48)22-15-23(22)41(36,49)50/h3-11,13-14,22-23,28,37H,12,15-16H2,1-2H3,(H,51,59)(H,54,55)/t22?,23-,28+/m1/s1. The Morgan fingerprint density at radius 2 is 1.68 bits per heavy atom. The molecule has 326 valence electrons. The van der Waals surface area contributed by atoms with E-state index in [4.69, 9.17) is 16.6 Å². The number of aryl methyl sites for hydroxylation is 1. The van der Waals surface area contributed by atoms with Crippen molar-refractivity contribution in [3.8, 4) is 16.8 Å². The van der Waals surface area contributed by atoms with E-state index < -0.39 is 111 Å². The van der Waals surface area contributed by atoms with Gasteiger partial charge < -0.3 is 5.32 Å². The Morgan fingerprint density at radius 1 is 0.984 bits per heavy atom. The molecule has 2 aliphatic carbocycles. The van der Waals surface area contributed by atoms with Gasteiger partial charge in [0, 0.05) is 31.0 Å². The van der Waals surface area contributed by atoms with Crippen LogP contribution in [-0.2, 0) is 40.8 Å². The van der Waals surface area contributed by atoms with Crippen LogP contribution < -0.4 is 15.6 Å². The van der Waals surface area contributed by atoms with E-state index in [9.17, 15) is 35.6 Å². The highest BCUT2D eigenvalue weighted by atomic mass is 35.5. The van der Waals surface area contributed by atoms with Gasteiger partial charge in [-0.05, 0) is 72.0 Å². The first kappa shape index (κ1) is 42.0. The van der Waals surface area contributed by atoms with Crippen molar-refractivity contribution < 1.29 is 48.3 Å². The van der Waals surface area contributed by atoms with E-state index in [1.165, 1.54) is 42.1 Å². The molecule has 0 aliphatic heterocycles. The monoisotopic (exact) mass is 916 g/mol. The molecule has 4 aromatic carbocycles. The molecule has 9 rings (SSSR count). The summed E-state index contributed by atoms with van der Waals surface area (Å²) >= 11 is 6.59. The quantitative estimate of drug-likeness (QED) is 0.125. The molecule has 2 N–H and O–H groups in total. The molecule has 12 nitrogen and oxygen atoms in total. The fourth-order valence-corrected chi connectivity index (χ4v) is 9.25. The zero-order valence-electron chi connectivity index (χ0n) is 32.4. The van der Waals surface area contributed by atoms with Gasteiger partial charge in [0.05, 0.1) is 50.4 Å². The molecular formula is C41H29ClF8N8O4S. The molecule has 0 radical (unpaired) electrons. The maximum absolute atomic E-state index is 15.5. The molecule has 1 fully saturated rings. The average molecular weight is 917 g/mol. The van der Waals surface area contributed by atoms with Gasteiger partial charge in [0.15, 0.2) is 5.82 Å². The summed E-state index contributed by atoms with van der Waals surface area (Å²) < 4.78 is 149. The molecule has 3 aromatic heterocycles. The number of sulfonamides is 1. The van der Waals surface area contributed by atoms with Crippen LogP contribution in [0.2, 0.25) is 5.02 Å². The van der Waals surface area contributed by atoms with Crippen molar-refractivity contribution in [3.63, 3.8) is 0 Å². The molecule has 63 heavy (non-hydrogen) atoms. The molecular weight excluding hydrogens is 888 g/mol. The number of fused-ring (bicyclic) bond motifs is 5. The fourth-order valence-electron chi connectivity index (χ4n) is 8.51. The molecule has 1 unspecified atom stereocenters. The first-order chi connectivity index (χ1) is 29.7. The fraction of sp³-hybridized carbons (Fsp3) is 0.244. The highest BCUT2D eigenvalue weighted by molar-refractivity contribution is 7.92. The highest BCUT2D eigenvalue weighted by Crippen LogP contribution is 2.68. The van der Waals surface area contributed by atoms with Crippen LogP contribution in [0.3, 0.4) is 0 Å². The largest absolute Gasteiger partial charge is 0.344 e. The van der Waals surface area contributed by atoms with E-state index in [0.717, 1.165) is 41.2 Å². The van der Waals surface area contributed by atoms with E-state index in [2.05, 4.69) is 20.2 Å². The van der Waals surface area contributed by atoms with Crippen LogP contribution in [0, 0.1) is 29.2 Å². The maximum Gasteiger partial charge on any atom is 0.293 e. The van der Waals surface area contributed by atoms with Crippen molar-refractivity contribution in [2.24, 2.45) is 13.0 Å².